The van der Waals surface area contributed by atoms with E-state index >= 15 is 0 Å². The van der Waals surface area contributed by atoms with Crippen LogP contribution in [-0.2, 0) is 11.3 Å². The Morgan fingerprint density at radius 3 is 2.43 bits per heavy atom. The van der Waals surface area contributed by atoms with Crippen LogP contribution in [0.25, 0.3) is 11.4 Å². The molecule has 0 radical (unpaired) electrons. The Morgan fingerprint density at radius 1 is 1.03 bits per heavy atom. The number of nitrogens with one attached hydrogen (secondary N) is 1. The maximum atomic E-state index is 13.8. The molecule has 3 rings (SSSR count). The number of anilines is 1. The maximum Gasteiger partial charge on any atom is 0.234 e. The third-order valence-electron chi connectivity index (χ3n) is 5.89. The van der Waals surface area contributed by atoms with Gasteiger partial charge in [0.1, 0.15) is 11.6 Å². The Kier molecular flexibility index (Phi) is 12.2. The number of benzene rings is 2. The van der Waals surface area contributed by atoms with Crippen LogP contribution >= 0.6 is 11.8 Å². The summed E-state index contributed by atoms with van der Waals surface area (Å²) >= 11 is 1.24. The monoisotopic (exact) mass is 524 g/mol. The first-order valence-corrected chi connectivity index (χ1v) is 14.1. The van der Waals surface area contributed by atoms with Crippen molar-refractivity contribution in [1.82, 2.24) is 14.8 Å². The number of para-hydroxylation sites is 1. The lowest BCUT2D eigenvalue weighted by atomic mass is 10.1. The van der Waals surface area contributed by atoms with Gasteiger partial charge in [0.05, 0.1) is 18.0 Å². The molecule has 0 saturated heterocycles. The van der Waals surface area contributed by atoms with Crippen LogP contribution in [0.5, 0.6) is 5.75 Å². The fourth-order valence-electron chi connectivity index (χ4n) is 3.91. The lowest BCUT2D eigenvalue weighted by Crippen LogP contribution is -2.15. The molecule has 1 heterocycles. The second kappa shape index (κ2) is 15.9. The largest absolute Gasteiger partial charge is 0.494 e. The van der Waals surface area contributed by atoms with E-state index in [0.29, 0.717) is 17.5 Å². The van der Waals surface area contributed by atoms with Gasteiger partial charge in [-0.05, 0) is 42.8 Å². The zero-order valence-corrected chi connectivity index (χ0v) is 22.4. The Labute approximate surface area is 223 Å². The normalized spacial score (nSPS) is 10.9. The van der Waals surface area contributed by atoms with E-state index in [-0.39, 0.29) is 17.3 Å². The van der Waals surface area contributed by atoms with Crippen LogP contribution in [0.4, 0.5) is 10.1 Å². The van der Waals surface area contributed by atoms with Crippen LogP contribution in [0.1, 0.15) is 58.3 Å². The number of hydrogen-bond donors (Lipinski definition) is 1. The molecule has 198 valence electrons. The highest BCUT2D eigenvalue weighted by Gasteiger charge is 2.16. The first-order chi connectivity index (χ1) is 18.1. The molecule has 1 aromatic heterocycles. The molecule has 0 unspecified atom stereocenters. The molecule has 0 atom stereocenters. The molecule has 0 aliphatic rings. The van der Waals surface area contributed by atoms with Crippen LogP contribution < -0.4 is 10.1 Å². The molecule has 1 N–H and O–H groups in total. The second-order valence-corrected chi connectivity index (χ2v) is 9.81. The van der Waals surface area contributed by atoms with E-state index in [0.717, 1.165) is 24.3 Å². The molecular weight excluding hydrogens is 487 g/mol. The first-order valence-electron chi connectivity index (χ1n) is 13.1. The molecule has 0 bridgehead atoms. The summed E-state index contributed by atoms with van der Waals surface area (Å²) in [7, 11) is 0. The Morgan fingerprint density at radius 2 is 1.73 bits per heavy atom. The minimum atomic E-state index is -0.469. The summed E-state index contributed by atoms with van der Waals surface area (Å²) in [5.74, 6) is 0.813. The molecule has 0 saturated carbocycles. The lowest BCUT2D eigenvalue weighted by molar-refractivity contribution is -0.113. The van der Waals surface area contributed by atoms with E-state index in [2.05, 4.69) is 29.0 Å². The van der Waals surface area contributed by atoms with Crippen molar-refractivity contribution in [2.45, 2.75) is 70.0 Å². The summed E-state index contributed by atoms with van der Waals surface area (Å²) in [4.78, 5) is 12.3. The summed E-state index contributed by atoms with van der Waals surface area (Å²) in [6, 6.07) is 13.9. The van der Waals surface area contributed by atoms with E-state index < -0.39 is 5.82 Å². The molecule has 2 aromatic carbocycles. The number of rotatable bonds is 17. The second-order valence-electron chi connectivity index (χ2n) is 8.87. The van der Waals surface area contributed by atoms with E-state index in [4.69, 9.17) is 4.74 Å². The van der Waals surface area contributed by atoms with Gasteiger partial charge < -0.3 is 10.1 Å². The average molecular weight is 525 g/mol. The van der Waals surface area contributed by atoms with Crippen molar-refractivity contribution < 1.29 is 13.9 Å². The van der Waals surface area contributed by atoms with Crippen molar-refractivity contribution in [3.63, 3.8) is 0 Å². The highest BCUT2D eigenvalue weighted by atomic mass is 32.2. The Balaban J connectivity index is 1.49. The Bertz CT molecular complexity index is 1120. The number of halogens is 1. The molecule has 0 spiro atoms. The summed E-state index contributed by atoms with van der Waals surface area (Å²) in [5.41, 5.74) is 1.06. The van der Waals surface area contributed by atoms with Gasteiger partial charge in [0.15, 0.2) is 11.0 Å². The van der Waals surface area contributed by atoms with E-state index in [1.54, 1.807) is 18.2 Å². The number of hydrogen-bond acceptors (Lipinski definition) is 5. The zero-order valence-electron chi connectivity index (χ0n) is 21.6. The quantitative estimate of drug-likeness (QED) is 0.112. The van der Waals surface area contributed by atoms with E-state index in [1.807, 2.05) is 28.8 Å². The molecule has 8 heteroatoms. The smallest absolute Gasteiger partial charge is 0.234 e. The molecule has 6 nitrogen and oxygen atoms in total. The third-order valence-corrected chi connectivity index (χ3v) is 6.85. The number of thioether (sulfide) groups is 1. The van der Waals surface area contributed by atoms with Gasteiger partial charge in [-0.15, -0.1) is 16.8 Å². The maximum absolute atomic E-state index is 13.8. The summed E-state index contributed by atoms with van der Waals surface area (Å²) < 4.78 is 21.6. The van der Waals surface area contributed by atoms with Crippen LogP contribution in [0, 0.1) is 5.82 Å². The fourth-order valence-corrected chi connectivity index (χ4v) is 4.66. The van der Waals surface area contributed by atoms with Gasteiger partial charge in [0.25, 0.3) is 0 Å². The lowest BCUT2D eigenvalue weighted by Gasteiger charge is -2.10. The Hall–Kier alpha value is -3.13. The zero-order chi connectivity index (χ0) is 26.3. The van der Waals surface area contributed by atoms with Crippen LogP contribution in [0.2, 0.25) is 0 Å². The highest BCUT2D eigenvalue weighted by molar-refractivity contribution is 7.99. The number of nitrogens with zero attached hydrogens (tertiary/aromatic N) is 3. The number of aromatic nitrogens is 3. The molecule has 0 fully saturated rings. The van der Waals surface area contributed by atoms with Crippen molar-refractivity contribution in [2.24, 2.45) is 0 Å². The third kappa shape index (κ3) is 9.35. The first kappa shape index (κ1) is 28.4. The van der Waals surface area contributed by atoms with Gasteiger partial charge in [0.2, 0.25) is 5.91 Å². The number of carbonyl (C=O) groups excluding carboxylic acids is 1. The van der Waals surface area contributed by atoms with Crippen molar-refractivity contribution in [3.8, 4) is 17.1 Å². The summed E-state index contributed by atoms with van der Waals surface area (Å²) in [5, 5.41) is 11.8. The van der Waals surface area contributed by atoms with Crippen LogP contribution in [-0.4, -0.2) is 33.0 Å². The number of carbonyl (C=O) groups is 1. The van der Waals surface area contributed by atoms with Gasteiger partial charge in [0, 0.05) is 12.1 Å². The van der Waals surface area contributed by atoms with Gasteiger partial charge in [-0.1, -0.05) is 81.8 Å². The van der Waals surface area contributed by atoms with Gasteiger partial charge in [-0.3, -0.25) is 9.36 Å². The molecule has 37 heavy (non-hydrogen) atoms. The number of unbranched alkanes of at least 4 members (excludes halogenated alkanes) is 7. The summed E-state index contributed by atoms with van der Waals surface area (Å²) in [6.45, 7) is 7.29. The predicted molar refractivity (Wildman–Crippen MR) is 150 cm³/mol. The fraction of sp³-hybridized carbons (Fsp3) is 0.414. The predicted octanol–water partition coefficient (Wildman–Crippen LogP) is 7.52. The highest BCUT2D eigenvalue weighted by Crippen LogP contribution is 2.26. The van der Waals surface area contributed by atoms with E-state index in [1.165, 1.54) is 68.8 Å². The van der Waals surface area contributed by atoms with Crippen LogP contribution in [0.3, 0.4) is 0 Å². The van der Waals surface area contributed by atoms with Crippen molar-refractivity contribution in [3.05, 3.63) is 67.0 Å². The number of ether oxygens (including phenoxy) is 1. The number of amides is 1. The minimum absolute atomic E-state index is 0.0785. The minimum Gasteiger partial charge on any atom is -0.494 e. The van der Waals surface area contributed by atoms with Gasteiger partial charge >= 0.3 is 0 Å². The standard InChI is InChI=1S/C29H37FN4O2S/c1-3-5-6-7-8-9-10-13-21-36-24-18-16-23(17-19-24)28-32-33-29(34(28)20-4-2)37-22-27(35)31-26-15-12-11-14-25(26)30/h4,11-12,14-19H,2-3,5-10,13,20-22H2,1H3,(H,31,35). The van der Waals surface area contributed by atoms with Crippen LogP contribution in [0.15, 0.2) is 66.3 Å². The SMILES string of the molecule is C=CCn1c(SCC(=O)Nc2ccccc2F)nnc1-c1ccc(OCCCCCCCCCC)cc1. The molecule has 1 amide bonds. The summed E-state index contributed by atoms with van der Waals surface area (Å²) in [6.07, 6.45) is 11.9. The van der Waals surface area contributed by atoms with Crippen molar-refractivity contribution >= 4 is 23.4 Å². The van der Waals surface area contributed by atoms with Crippen molar-refractivity contribution in [1.29, 1.82) is 0 Å². The molecular formula is C29H37FN4O2S. The molecule has 3 aromatic rings. The number of allylic oxidation sites excluding steroid dienone is 1. The topological polar surface area (TPSA) is 69.0 Å². The average Bonchev–Trinajstić information content (AvgIpc) is 3.31. The van der Waals surface area contributed by atoms with Crippen molar-refractivity contribution in [2.75, 3.05) is 17.7 Å². The van der Waals surface area contributed by atoms with E-state index in [9.17, 15) is 9.18 Å². The van der Waals surface area contributed by atoms with Gasteiger partial charge in [-0.2, -0.15) is 0 Å². The molecule has 0 aliphatic heterocycles. The molecule has 0 aliphatic carbocycles. The van der Waals surface area contributed by atoms with Gasteiger partial charge in [-0.25, -0.2) is 4.39 Å².